The van der Waals surface area contributed by atoms with Crippen molar-refractivity contribution in [2.75, 3.05) is 19.8 Å². The number of benzene rings is 7. The van der Waals surface area contributed by atoms with E-state index in [1.54, 1.807) is 172 Å². The number of rotatable bonds is 22. The summed E-state index contributed by atoms with van der Waals surface area (Å²) in [5.41, 5.74) is 0.862. The van der Waals surface area contributed by atoms with E-state index in [0.717, 1.165) is 0 Å². The molecule has 22 nitrogen and oxygen atoms in total. The Hall–Kier alpha value is -9.49. The fraction of sp³-hybridized carbons (Fsp3) is 0.310. The summed E-state index contributed by atoms with van der Waals surface area (Å²) in [7, 11) is 0. The molecule has 6 unspecified atom stereocenters. The van der Waals surface area contributed by atoms with Crippen LogP contribution >= 0.6 is 0 Å². The maximum Gasteiger partial charge on any atom is 0.338 e. The minimum absolute atomic E-state index is 0.0410. The van der Waals surface area contributed by atoms with E-state index in [-0.39, 0.29) is 38.9 Å². The van der Waals surface area contributed by atoms with Crippen molar-refractivity contribution < 1.29 is 105 Å². The summed E-state index contributed by atoms with van der Waals surface area (Å²) in [6, 6.07) is 55.8. The van der Waals surface area contributed by atoms with Crippen LogP contribution in [0.25, 0.3) is 0 Å². The van der Waals surface area contributed by atoms with Gasteiger partial charge in [-0.1, -0.05) is 134 Å². The summed E-state index contributed by atoms with van der Waals surface area (Å²) in [4.78, 5) is 98.3. The van der Waals surface area contributed by atoms with Gasteiger partial charge in [-0.05, 0) is 98.8 Å². The van der Waals surface area contributed by atoms with Crippen molar-refractivity contribution >= 4 is 41.8 Å². The van der Waals surface area contributed by atoms with E-state index < -0.39 is 159 Å². The third-order valence-corrected chi connectivity index (χ3v) is 15.7. The van der Waals surface area contributed by atoms with Gasteiger partial charge in [0.15, 0.2) is 49.1 Å². The van der Waals surface area contributed by atoms with Crippen LogP contribution in [0.5, 0.6) is 0 Å². The molecule has 0 bridgehead atoms. The summed E-state index contributed by atoms with van der Waals surface area (Å²) < 4.78 is 88.5. The number of carbonyl (C=O) groups excluding carboxylic acids is 7. The van der Waals surface area contributed by atoms with Crippen molar-refractivity contribution in [2.24, 2.45) is 5.92 Å². The van der Waals surface area contributed by atoms with E-state index in [9.17, 15) is 38.7 Å². The zero-order chi connectivity index (χ0) is 65.0. The largest absolute Gasteiger partial charge is 0.459 e. The van der Waals surface area contributed by atoms with Gasteiger partial charge in [0.05, 0.1) is 45.6 Å². The van der Waals surface area contributed by atoms with E-state index in [2.05, 4.69) is 0 Å². The van der Waals surface area contributed by atoms with Gasteiger partial charge in [-0.15, -0.1) is 0 Å². The van der Waals surface area contributed by atoms with Crippen LogP contribution in [0.2, 0.25) is 0 Å². The highest BCUT2D eigenvalue weighted by Gasteiger charge is 2.61. The van der Waals surface area contributed by atoms with Crippen LogP contribution in [0, 0.1) is 5.92 Å². The lowest BCUT2D eigenvalue weighted by atomic mass is 9.90. The van der Waals surface area contributed by atoms with Gasteiger partial charge in [0.1, 0.15) is 55.9 Å². The minimum Gasteiger partial charge on any atom is -0.459 e. The van der Waals surface area contributed by atoms with Crippen LogP contribution < -0.4 is 0 Å². The van der Waals surface area contributed by atoms with Crippen LogP contribution in [0.15, 0.2) is 212 Å². The van der Waals surface area contributed by atoms with Gasteiger partial charge in [-0.2, -0.15) is 0 Å². The highest BCUT2D eigenvalue weighted by Crippen LogP contribution is 2.43. The molecule has 0 saturated carbocycles. The van der Waals surface area contributed by atoms with Gasteiger partial charge in [-0.3, -0.25) is 0 Å². The van der Waals surface area contributed by atoms with E-state index in [0.29, 0.717) is 0 Å². The number of fused-ring (bicyclic) bond motifs is 1. The molecule has 93 heavy (non-hydrogen) atoms. The van der Waals surface area contributed by atoms with E-state index >= 15 is 0 Å². The molecule has 22 heteroatoms. The first-order valence-corrected chi connectivity index (χ1v) is 30.1. The SMILES string of the molecule is C[C@@H]1C(OC(=O)c2ccccc2)[C@H](O[C@@H]2C3OC(C)(C)O[C@@H]3O[C@H]2C(O)CO[C@@H]2OC(COC(=O)c3ccccc3)[C@H](OC(=O)c3ccccc3)[C@H](OC(=O)c3ccccc3)C2OC(=O)c2ccccc2)OC(COC(=O)c2ccccc2)[C@@H]1OC(=O)c1ccccc1. The molecule has 4 heterocycles. The first-order valence-electron chi connectivity index (χ1n) is 30.1. The first kappa shape index (κ1) is 65.0. The normalized spacial score (nSPS) is 26.4. The minimum atomic E-state index is -1.86. The quantitative estimate of drug-likeness (QED) is 0.0491. The Morgan fingerprint density at radius 2 is 0.731 bits per heavy atom. The average molecular weight is 1270 g/mol. The Bertz CT molecular complexity index is 3660. The summed E-state index contributed by atoms with van der Waals surface area (Å²) >= 11 is 0. The van der Waals surface area contributed by atoms with Gasteiger partial charge >= 0.3 is 41.8 Å². The first-order chi connectivity index (χ1) is 45.1. The maximum atomic E-state index is 14.4. The van der Waals surface area contributed by atoms with Crippen molar-refractivity contribution in [1.29, 1.82) is 0 Å². The maximum absolute atomic E-state index is 14.4. The second-order valence-corrected chi connectivity index (χ2v) is 22.6. The Labute approximate surface area is 534 Å². The van der Waals surface area contributed by atoms with Crippen molar-refractivity contribution in [3.63, 3.8) is 0 Å². The topological polar surface area (TPSA) is 269 Å². The van der Waals surface area contributed by atoms with Gasteiger partial charge in [0, 0.05) is 5.92 Å². The molecule has 482 valence electrons. The van der Waals surface area contributed by atoms with Gasteiger partial charge < -0.3 is 71.4 Å². The Kier molecular flexibility index (Phi) is 20.9. The van der Waals surface area contributed by atoms with Crippen LogP contribution in [-0.4, -0.2) is 159 Å². The Balaban J connectivity index is 0.932. The van der Waals surface area contributed by atoms with Crippen LogP contribution in [0.4, 0.5) is 0 Å². The lowest BCUT2D eigenvalue weighted by Crippen LogP contribution is -2.63. The molecule has 7 aromatic carbocycles. The second kappa shape index (κ2) is 29.9. The molecule has 0 aromatic heterocycles. The average Bonchev–Trinajstić information content (AvgIpc) is 1.65. The van der Waals surface area contributed by atoms with Gasteiger partial charge in [-0.25, -0.2) is 33.6 Å². The highest BCUT2D eigenvalue weighted by molar-refractivity contribution is 5.93. The molecule has 0 spiro atoms. The highest BCUT2D eigenvalue weighted by atomic mass is 16.9. The van der Waals surface area contributed by atoms with Crippen molar-refractivity contribution in [2.45, 2.75) is 113 Å². The second-order valence-electron chi connectivity index (χ2n) is 22.6. The molecule has 4 fully saturated rings. The van der Waals surface area contributed by atoms with Crippen molar-refractivity contribution in [1.82, 2.24) is 0 Å². The molecule has 11 rings (SSSR count). The molecule has 0 aliphatic carbocycles. The zero-order valence-corrected chi connectivity index (χ0v) is 50.5. The number of hydrogen-bond acceptors (Lipinski definition) is 22. The van der Waals surface area contributed by atoms with Crippen molar-refractivity contribution in [3.8, 4) is 0 Å². The summed E-state index contributed by atoms with van der Waals surface area (Å²) in [6.45, 7) is 2.92. The fourth-order valence-electron chi connectivity index (χ4n) is 11.1. The van der Waals surface area contributed by atoms with E-state index in [1.165, 1.54) is 60.7 Å². The number of hydrogen-bond donors (Lipinski definition) is 1. The van der Waals surface area contributed by atoms with Gasteiger partial charge in [0.25, 0.3) is 0 Å². The molecule has 7 aromatic rings. The lowest BCUT2D eigenvalue weighted by molar-refractivity contribution is -0.319. The number of aliphatic hydroxyl groups excluding tert-OH is 1. The van der Waals surface area contributed by atoms with Crippen LogP contribution in [0.1, 0.15) is 93.3 Å². The van der Waals surface area contributed by atoms with Crippen LogP contribution in [0.3, 0.4) is 0 Å². The molecule has 4 saturated heterocycles. The predicted octanol–water partition coefficient (Wildman–Crippen LogP) is 8.55. The standard InChI is InChI=1S/C71H66O22/c1-42-53(85-63(75)45-29-15-6-16-30-45)51(40-80-61(73)43-25-11-4-12-26-43)84-69(54(42)86-64(76)46-31-17-7-18-32-46)91-57-55(90-70-60(57)92-71(2,3)93-70)50(72)39-82-68-59(89-67(79)49-37-23-10-24-38-49)58(88-66(78)48-35-21-9-22-36-48)56(87-65(77)47-33-19-8-20-34-47)52(83-68)41-81-62(74)44-27-13-5-14-28-44/h4-38,42,50-60,68-70,72H,39-41H2,1-3H3/t42-,50?,51?,52?,53+,54?,55-,56-,57-,58-,59?,60?,68+,69-,70-/m0/s1. The van der Waals surface area contributed by atoms with E-state index in [1.807, 2.05) is 0 Å². The third kappa shape index (κ3) is 15.9. The molecule has 0 amide bonds. The number of aliphatic hydroxyl groups is 1. The molecular weight excluding hydrogens is 1200 g/mol. The zero-order valence-electron chi connectivity index (χ0n) is 50.5. The fourth-order valence-corrected chi connectivity index (χ4v) is 11.1. The number of ether oxygens (including phenoxy) is 14. The molecule has 15 atom stereocenters. The number of carbonyl (C=O) groups is 7. The Morgan fingerprint density at radius 3 is 1.14 bits per heavy atom. The molecule has 1 N–H and O–H groups in total. The summed E-state index contributed by atoms with van der Waals surface area (Å²) in [5.74, 6) is -8.26. The van der Waals surface area contributed by atoms with Crippen LogP contribution in [-0.2, 0) is 66.3 Å². The smallest absolute Gasteiger partial charge is 0.338 e. The summed E-state index contributed by atoms with van der Waals surface area (Å²) in [6.07, 6.45) is -21.6. The molecular formula is C71H66O22. The molecule has 4 aliphatic rings. The number of esters is 7. The van der Waals surface area contributed by atoms with Crippen molar-refractivity contribution in [3.05, 3.63) is 251 Å². The van der Waals surface area contributed by atoms with E-state index in [4.69, 9.17) is 66.3 Å². The molecule has 0 radical (unpaired) electrons. The van der Waals surface area contributed by atoms with Gasteiger partial charge in [0.2, 0.25) is 0 Å². The predicted molar refractivity (Wildman–Crippen MR) is 324 cm³/mol. The Morgan fingerprint density at radius 1 is 0.398 bits per heavy atom. The lowest BCUT2D eigenvalue weighted by Gasteiger charge is -2.45. The monoisotopic (exact) mass is 1270 g/mol. The summed E-state index contributed by atoms with van der Waals surface area (Å²) in [5, 5.41) is 12.6. The third-order valence-electron chi connectivity index (χ3n) is 15.7. The molecule has 4 aliphatic heterocycles.